The molecule has 1 aliphatic heterocycles. The summed E-state index contributed by atoms with van der Waals surface area (Å²) < 4.78 is 16.9. The Hall–Kier alpha value is -4.50. The summed E-state index contributed by atoms with van der Waals surface area (Å²) in [7, 11) is 0. The van der Waals surface area contributed by atoms with Crippen molar-refractivity contribution in [1.82, 2.24) is 24.9 Å². The summed E-state index contributed by atoms with van der Waals surface area (Å²) in [6.07, 6.45) is 0.952. The van der Waals surface area contributed by atoms with Gasteiger partial charge in [-0.3, -0.25) is 48.4 Å². The fraction of sp³-hybridized carbons (Fsp3) is 0.617. The van der Waals surface area contributed by atoms with Gasteiger partial charge in [0.2, 0.25) is 5.91 Å². The standard InChI is InChI=1S/C47H71N5O9/c1-45(2,3)59-42(56)33-50-26-24-49(25-27-51(34-43(57)60-46(4,5)6)29-31-52(30-28-50)35-44(58)61-47(7,8)9)32-41(55)48-23-13-16-39(53)21-22-40(54)38-19-17-37(18-20-38)36-14-11-10-12-15-36/h10-12,14-15,17-20H,13,16,21-35H2,1-9H3,(H,48,55). The first-order valence-electron chi connectivity index (χ1n) is 21.6. The van der Waals surface area contributed by atoms with Crippen LogP contribution in [0.2, 0.25) is 0 Å². The number of ether oxygens (including phenoxy) is 3. The van der Waals surface area contributed by atoms with Crippen LogP contribution in [0.5, 0.6) is 0 Å². The van der Waals surface area contributed by atoms with E-state index in [1.807, 2.05) is 124 Å². The van der Waals surface area contributed by atoms with Gasteiger partial charge in [0.15, 0.2) is 5.78 Å². The van der Waals surface area contributed by atoms with Crippen LogP contribution in [0.1, 0.15) is 98.4 Å². The van der Waals surface area contributed by atoms with E-state index in [-0.39, 0.29) is 80.8 Å². The number of nitrogens with one attached hydrogen (secondary N) is 1. The minimum absolute atomic E-state index is 0.0303. The summed E-state index contributed by atoms with van der Waals surface area (Å²) in [5, 5.41) is 2.93. The Balaban J connectivity index is 1.60. The maximum Gasteiger partial charge on any atom is 0.320 e. The Labute approximate surface area is 363 Å². The normalized spacial score (nSPS) is 15.8. The van der Waals surface area contributed by atoms with Crippen molar-refractivity contribution in [3.63, 3.8) is 0 Å². The van der Waals surface area contributed by atoms with Gasteiger partial charge in [-0.1, -0.05) is 54.6 Å². The Morgan fingerprint density at radius 2 is 0.869 bits per heavy atom. The molecule has 14 heteroatoms. The number of Topliss-reactive ketones (excluding diaryl/α,β-unsaturated/α-hetero) is 2. The largest absolute Gasteiger partial charge is 0.459 e. The SMILES string of the molecule is CC(C)(C)OC(=O)CN1CCN(CC(=O)NCCCC(=O)CCC(=O)c2ccc(-c3ccccc3)cc2)CCN(CC(=O)OC(C)(C)C)CCN(CC(=O)OC(C)(C)C)CC1. The molecule has 0 atom stereocenters. The minimum Gasteiger partial charge on any atom is -0.459 e. The van der Waals surface area contributed by atoms with Crippen LogP contribution >= 0.6 is 0 Å². The molecule has 2 aromatic rings. The van der Waals surface area contributed by atoms with Crippen LogP contribution in [0, 0.1) is 0 Å². The number of hydrogen-bond donors (Lipinski definition) is 1. The topological polar surface area (TPSA) is 155 Å². The molecule has 1 N–H and O–H groups in total. The molecule has 0 unspecified atom stereocenters. The van der Waals surface area contributed by atoms with E-state index < -0.39 is 16.8 Å². The van der Waals surface area contributed by atoms with E-state index in [0.29, 0.717) is 70.9 Å². The summed E-state index contributed by atoms with van der Waals surface area (Å²) >= 11 is 0. The van der Waals surface area contributed by atoms with Crippen molar-refractivity contribution >= 4 is 35.4 Å². The highest BCUT2D eigenvalue weighted by molar-refractivity contribution is 5.98. The van der Waals surface area contributed by atoms with Gasteiger partial charge in [0.05, 0.1) is 26.2 Å². The zero-order valence-electron chi connectivity index (χ0n) is 38.2. The first kappa shape index (κ1) is 50.9. The Morgan fingerprint density at radius 1 is 0.492 bits per heavy atom. The van der Waals surface area contributed by atoms with Gasteiger partial charge in [-0.05, 0) is 79.9 Å². The zero-order chi connectivity index (χ0) is 45.2. The molecule has 0 spiro atoms. The van der Waals surface area contributed by atoms with Crippen LogP contribution in [-0.2, 0) is 38.2 Å². The predicted octanol–water partition coefficient (Wildman–Crippen LogP) is 5.03. The summed E-state index contributed by atoms with van der Waals surface area (Å²) in [6, 6.07) is 17.3. The number of amides is 1. The van der Waals surface area contributed by atoms with Gasteiger partial charge in [0, 0.05) is 83.7 Å². The van der Waals surface area contributed by atoms with E-state index in [1.54, 1.807) is 12.1 Å². The lowest BCUT2D eigenvalue weighted by Gasteiger charge is -2.34. The van der Waals surface area contributed by atoms with Crippen molar-refractivity contribution in [1.29, 1.82) is 0 Å². The van der Waals surface area contributed by atoms with Crippen LogP contribution in [-0.4, -0.2) is 157 Å². The number of carbonyl (C=O) groups excluding carboxylic acids is 6. The number of hydrogen-bond acceptors (Lipinski definition) is 13. The Kier molecular flexibility index (Phi) is 20.2. The third kappa shape index (κ3) is 22.2. The van der Waals surface area contributed by atoms with Gasteiger partial charge in [0.25, 0.3) is 0 Å². The molecule has 0 aromatic heterocycles. The van der Waals surface area contributed by atoms with Crippen LogP contribution in [0.15, 0.2) is 54.6 Å². The summed E-state index contributed by atoms with van der Waals surface area (Å²) in [4.78, 5) is 85.6. The molecule has 3 rings (SSSR count). The molecule has 0 radical (unpaired) electrons. The van der Waals surface area contributed by atoms with Gasteiger partial charge in [-0.15, -0.1) is 0 Å². The number of ketones is 2. The van der Waals surface area contributed by atoms with Crippen molar-refractivity contribution in [2.75, 3.05) is 85.1 Å². The van der Waals surface area contributed by atoms with Gasteiger partial charge in [-0.25, -0.2) is 0 Å². The monoisotopic (exact) mass is 850 g/mol. The molecule has 0 bridgehead atoms. The van der Waals surface area contributed by atoms with Crippen LogP contribution in [0.4, 0.5) is 0 Å². The van der Waals surface area contributed by atoms with Crippen molar-refractivity contribution < 1.29 is 43.0 Å². The lowest BCUT2D eigenvalue weighted by atomic mass is 10.00. The first-order valence-corrected chi connectivity index (χ1v) is 21.6. The molecule has 14 nitrogen and oxygen atoms in total. The minimum atomic E-state index is -0.661. The number of nitrogens with zero attached hydrogens (tertiary/aromatic N) is 4. The van der Waals surface area contributed by atoms with E-state index >= 15 is 0 Å². The summed E-state index contributed by atoms with van der Waals surface area (Å²) in [5.74, 6) is -1.44. The fourth-order valence-corrected chi connectivity index (χ4v) is 6.65. The van der Waals surface area contributed by atoms with E-state index in [1.165, 1.54) is 0 Å². The number of esters is 3. The Bertz CT molecular complexity index is 1680. The van der Waals surface area contributed by atoms with Crippen LogP contribution in [0.3, 0.4) is 0 Å². The smallest absolute Gasteiger partial charge is 0.320 e. The molecular formula is C47H71N5O9. The Morgan fingerprint density at radius 3 is 1.26 bits per heavy atom. The van der Waals surface area contributed by atoms with Gasteiger partial charge in [-0.2, -0.15) is 0 Å². The molecule has 0 aliphatic carbocycles. The average molecular weight is 850 g/mol. The summed E-state index contributed by atoms with van der Waals surface area (Å²) in [6.45, 7) is 20.3. The quantitative estimate of drug-likeness (QED) is 0.0981. The molecule has 1 amide bonds. The second kappa shape index (κ2) is 24.2. The van der Waals surface area contributed by atoms with Crippen molar-refractivity contribution in [3.8, 4) is 11.1 Å². The second-order valence-corrected chi connectivity index (χ2v) is 18.7. The highest BCUT2D eigenvalue weighted by atomic mass is 16.6. The van der Waals surface area contributed by atoms with E-state index in [4.69, 9.17) is 14.2 Å². The van der Waals surface area contributed by atoms with Crippen molar-refractivity contribution in [3.05, 3.63) is 60.2 Å². The third-order valence-corrected chi connectivity index (χ3v) is 9.51. The van der Waals surface area contributed by atoms with Crippen molar-refractivity contribution in [2.24, 2.45) is 0 Å². The fourth-order valence-electron chi connectivity index (χ4n) is 6.65. The molecule has 1 aliphatic rings. The molecule has 338 valence electrons. The number of carbonyl (C=O) groups is 6. The third-order valence-electron chi connectivity index (χ3n) is 9.51. The lowest BCUT2D eigenvalue weighted by molar-refractivity contribution is -0.158. The van der Waals surface area contributed by atoms with Gasteiger partial charge >= 0.3 is 17.9 Å². The van der Waals surface area contributed by atoms with E-state index in [9.17, 15) is 28.8 Å². The van der Waals surface area contributed by atoms with Gasteiger partial charge < -0.3 is 19.5 Å². The molecule has 2 aromatic carbocycles. The molecular weight excluding hydrogens is 779 g/mol. The number of benzene rings is 2. The molecule has 1 heterocycles. The molecule has 61 heavy (non-hydrogen) atoms. The predicted molar refractivity (Wildman–Crippen MR) is 236 cm³/mol. The van der Waals surface area contributed by atoms with Gasteiger partial charge in [0.1, 0.15) is 22.6 Å². The van der Waals surface area contributed by atoms with E-state index in [2.05, 4.69) is 5.32 Å². The van der Waals surface area contributed by atoms with Crippen molar-refractivity contribution in [2.45, 2.75) is 105 Å². The second-order valence-electron chi connectivity index (χ2n) is 18.7. The molecule has 1 saturated heterocycles. The van der Waals surface area contributed by atoms with Crippen LogP contribution < -0.4 is 5.32 Å². The molecule has 0 saturated carbocycles. The maximum atomic E-state index is 13.3. The first-order chi connectivity index (χ1) is 28.5. The highest BCUT2D eigenvalue weighted by Gasteiger charge is 2.26. The lowest BCUT2D eigenvalue weighted by Crippen LogP contribution is -2.50. The maximum absolute atomic E-state index is 13.3. The summed E-state index contributed by atoms with van der Waals surface area (Å²) in [5.41, 5.74) is 0.683. The van der Waals surface area contributed by atoms with Crippen LogP contribution in [0.25, 0.3) is 11.1 Å². The zero-order valence-corrected chi connectivity index (χ0v) is 38.2. The average Bonchev–Trinajstić information content (AvgIpc) is 3.14. The van der Waals surface area contributed by atoms with E-state index in [0.717, 1.165) is 11.1 Å². The highest BCUT2D eigenvalue weighted by Crippen LogP contribution is 2.20. The number of rotatable bonds is 17. The molecule has 1 fully saturated rings.